The monoisotopic (exact) mass is 406 g/mol. The lowest BCUT2D eigenvalue weighted by molar-refractivity contribution is -0.125. The van der Waals surface area contributed by atoms with Crippen LogP contribution in [0.4, 0.5) is 0 Å². The molecular formula is C24H30N4O2. The Bertz CT molecular complexity index is 960. The number of aromatic nitrogens is 1. The van der Waals surface area contributed by atoms with E-state index in [0.717, 1.165) is 48.0 Å². The van der Waals surface area contributed by atoms with Crippen molar-refractivity contribution in [1.82, 2.24) is 14.4 Å². The van der Waals surface area contributed by atoms with Gasteiger partial charge in [0, 0.05) is 37.2 Å². The summed E-state index contributed by atoms with van der Waals surface area (Å²) in [5.41, 5.74) is 4.07. The van der Waals surface area contributed by atoms with Gasteiger partial charge in [-0.2, -0.15) is 5.26 Å². The molecule has 1 fully saturated rings. The number of nitrogens with zero attached hydrogens (tertiary/aromatic N) is 4. The molecule has 158 valence electrons. The van der Waals surface area contributed by atoms with Crippen LogP contribution in [-0.4, -0.2) is 60.6 Å². The highest BCUT2D eigenvalue weighted by atomic mass is 16.5. The number of rotatable bonds is 7. The molecule has 1 aromatic carbocycles. The van der Waals surface area contributed by atoms with Crippen LogP contribution in [0.25, 0.3) is 11.8 Å². The molecule has 0 spiro atoms. The Hall–Kier alpha value is -3.04. The van der Waals surface area contributed by atoms with Gasteiger partial charge >= 0.3 is 0 Å². The Kier molecular flexibility index (Phi) is 6.96. The summed E-state index contributed by atoms with van der Waals surface area (Å²) >= 11 is 0. The van der Waals surface area contributed by atoms with Crippen molar-refractivity contribution in [3.05, 3.63) is 52.9 Å². The highest BCUT2D eigenvalue weighted by molar-refractivity contribution is 6.01. The third kappa shape index (κ3) is 4.74. The van der Waals surface area contributed by atoms with E-state index >= 15 is 0 Å². The van der Waals surface area contributed by atoms with Gasteiger partial charge < -0.3 is 19.1 Å². The Labute approximate surface area is 179 Å². The van der Waals surface area contributed by atoms with Crippen LogP contribution in [0.15, 0.2) is 35.9 Å². The minimum atomic E-state index is -0.231. The molecule has 0 bridgehead atoms. The van der Waals surface area contributed by atoms with Crippen molar-refractivity contribution in [3.63, 3.8) is 0 Å². The molecule has 0 unspecified atom stereocenters. The normalized spacial score (nSPS) is 14.6. The molecule has 1 saturated heterocycles. The van der Waals surface area contributed by atoms with Gasteiger partial charge in [-0.25, -0.2) is 0 Å². The zero-order valence-electron chi connectivity index (χ0n) is 18.3. The van der Waals surface area contributed by atoms with Crippen molar-refractivity contribution < 1.29 is 9.53 Å². The summed E-state index contributed by atoms with van der Waals surface area (Å²) in [4.78, 5) is 16.8. The summed E-state index contributed by atoms with van der Waals surface area (Å²) in [6.07, 6.45) is 4.16. The Morgan fingerprint density at radius 1 is 1.23 bits per heavy atom. The van der Waals surface area contributed by atoms with Crippen LogP contribution in [0.1, 0.15) is 29.8 Å². The van der Waals surface area contributed by atoms with E-state index in [4.69, 9.17) is 4.74 Å². The molecule has 6 heteroatoms. The first-order valence-electron chi connectivity index (χ1n) is 10.4. The fourth-order valence-corrected chi connectivity index (χ4v) is 3.96. The molecule has 30 heavy (non-hydrogen) atoms. The van der Waals surface area contributed by atoms with Gasteiger partial charge in [-0.15, -0.1) is 0 Å². The number of hydrogen-bond donors (Lipinski definition) is 0. The predicted octanol–water partition coefficient (Wildman–Crippen LogP) is 3.56. The zero-order chi connectivity index (χ0) is 21.7. The molecule has 3 rings (SSSR count). The molecule has 0 atom stereocenters. The fourth-order valence-electron chi connectivity index (χ4n) is 3.96. The van der Waals surface area contributed by atoms with Crippen molar-refractivity contribution in [2.75, 3.05) is 40.3 Å². The summed E-state index contributed by atoms with van der Waals surface area (Å²) in [6.45, 7) is 7.69. The van der Waals surface area contributed by atoms with E-state index in [0.29, 0.717) is 6.54 Å². The van der Waals surface area contributed by atoms with Crippen LogP contribution in [0.3, 0.4) is 0 Å². The molecular weight excluding hydrogens is 376 g/mol. The smallest absolute Gasteiger partial charge is 0.264 e. The number of likely N-dealkylation sites (tertiary alicyclic amines) is 1. The summed E-state index contributed by atoms with van der Waals surface area (Å²) in [5.74, 6) is 0.571. The number of amides is 1. The summed E-state index contributed by atoms with van der Waals surface area (Å²) in [5, 5.41) is 9.63. The molecule has 1 aliphatic rings. The van der Waals surface area contributed by atoms with E-state index < -0.39 is 0 Å². The number of nitriles is 1. The molecule has 1 aliphatic heterocycles. The van der Waals surface area contributed by atoms with Gasteiger partial charge in [0.05, 0.1) is 7.11 Å². The van der Waals surface area contributed by atoms with Crippen molar-refractivity contribution in [2.24, 2.45) is 0 Å². The summed E-state index contributed by atoms with van der Waals surface area (Å²) in [7, 11) is 3.41. The van der Waals surface area contributed by atoms with Crippen LogP contribution >= 0.6 is 0 Å². The number of ether oxygens (including phenoxy) is 1. The minimum Gasteiger partial charge on any atom is -0.497 e. The van der Waals surface area contributed by atoms with Crippen LogP contribution in [-0.2, 0) is 4.79 Å². The van der Waals surface area contributed by atoms with Crippen molar-refractivity contribution in [1.29, 1.82) is 5.26 Å². The molecule has 6 nitrogen and oxygen atoms in total. The van der Waals surface area contributed by atoms with Gasteiger partial charge in [0.25, 0.3) is 5.91 Å². The lowest BCUT2D eigenvalue weighted by atomic mass is 10.1. The Balaban J connectivity index is 1.79. The van der Waals surface area contributed by atoms with Gasteiger partial charge in [-0.3, -0.25) is 4.79 Å². The number of methoxy groups -OCH3 is 1. The van der Waals surface area contributed by atoms with Crippen LogP contribution < -0.4 is 4.74 Å². The lowest BCUT2D eigenvalue weighted by Gasteiger charge is -2.21. The molecule has 1 amide bonds. The number of carbonyl (C=O) groups is 1. The van der Waals surface area contributed by atoms with Crippen LogP contribution in [0.2, 0.25) is 0 Å². The van der Waals surface area contributed by atoms with E-state index in [9.17, 15) is 10.1 Å². The van der Waals surface area contributed by atoms with Crippen molar-refractivity contribution in [3.8, 4) is 17.5 Å². The van der Waals surface area contributed by atoms with Crippen molar-refractivity contribution in [2.45, 2.75) is 26.7 Å². The van der Waals surface area contributed by atoms with E-state index in [1.54, 1.807) is 25.1 Å². The quantitative estimate of drug-likeness (QED) is 0.521. The van der Waals surface area contributed by atoms with Crippen molar-refractivity contribution >= 4 is 12.0 Å². The molecule has 2 aromatic rings. The molecule has 0 N–H and O–H groups in total. The van der Waals surface area contributed by atoms with E-state index in [-0.39, 0.29) is 11.5 Å². The first kappa shape index (κ1) is 21.7. The second-order valence-corrected chi connectivity index (χ2v) is 7.81. The highest BCUT2D eigenvalue weighted by Gasteiger charge is 2.19. The van der Waals surface area contributed by atoms with Gasteiger partial charge in [-0.05, 0) is 81.7 Å². The third-order valence-electron chi connectivity index (χ3n) is 5.75. The second-order valence-electron chi connectivity index (χ2n) is 7.81. The number of likely N-dealkylation sites (N-methyl/N-ethyl adjacent to an activating group) is 1. The number of carbonyl (C=O) groups excluding carboxylic acids is 1. The Morgan fingerprint density at radius 3 is 2.50 bits per heavy atom. The minimum absolute atomic E-state index is 0.161. The average Bonchev–Trinajstić information content (AvgIpc) is 3.37. The first-order valence-corrected chi connectivity index (χ1v) is 10.4. The summed E-state index contributed by atoms with van der Waals surface area (Å²) < 4.78 is 7.35. The topological polar surface area (TPSA) is 61.5 Å². The third-order valence-corrected chi connectivity index (χ3v) is 5.75. The van der Waals surface area contributed by atoms with E-state index in [1.807, 2.05) is 44.2 Å². The van der Waals surface area contributed by atoms with Gasteiger partial charge in [-0.1, -0.05) is 0 Å². The number of hydrogen-bond acceptors (Lipinski definition) is 4. The SMILES string of the molecule is COc1ccc(-n2c(C)cc(/C=C(/C#N)C(=O)N(C)CCN3CCCC3)c2C)cc1. The van der Waals surface area contributed by atoms with Gasteiger partial charge in [0.2, 0.25) is 0 Å². The van der Waals surface area contributed by atoms with Gasteiger partial charge in [0.1, 0.15) is 17.4 Å². The van der Waals surface area contributed by atoms with Crippen LogP contribution in [0.5, 0.6) is 5.75 Å². The van der Waals surface area contributed by atoms with E-state index in [1.165, 1.54) is 12.8 Å². The first-order chi connectivity index (χ1) is 14.4. The maximum Gasteiger partial charge on any atom is 0.264 e. The molecule has 0 aliphatic carbocycles. The Morgan fingerprint density at radius 2 is 1.90 bits per heavy atom. The number of aryl methyl sites for hydroxylation is 1. The van der Waals surface area contributed by atoms with Crippen LogP contribution in [0, 0.1) is 25.2 Å². The zero-order valence-corrected chi connectivity index (χ0v) is 18.3. The standard InChI is InChI=1S/C24H30N4O2/c1-18-15-20(19(2)28(18)22-7-9-23(30-4)10-8-22)16-21(17-25)24(29)26(3)13-14-27-11-5-6-12-27/h7-10,15-16H,5-6,11-14H2,1-4H3/b21-16-. The molecule has 0 saturated carbocycles. The summed E-state index contributed by atoms with van der Waals surface area (Å²) in [6, 6.07) is 11.9. The fraction of sp³-hybridized carbons (Fsp3) is 0.417. The lowest BCUT2D eigenvalue weighted by Crippen LogP contribution is -2.35. The number of benzene rings is 1. The largest absolute Gasteiger partial charge is 0.497 e. The maximum absolute atomic E-state index is 12.8. The highest BCUT2D eigenvalue weighted by Crippen LogP contribution is 2.24. The molecule has 0 radical (unpaired) electrons. The maximum atomic E-state index is 12.8. The predicted molar refractivity (Wildman–Crippen MR) is 119 cm³/mol. The molecule has 1 aromatic heterocycles. The average molecular weight is 407 g/mol. The molecule has 2 heterocycles. The second kappa shape index (κ2) is 9.64. The van der Waals surface area contributed by atoms with Gasteiger partial charge in [0.15, 0.2) is 0 Å². The van der Waals surface area contributed by atoms with E-state index in [2.05, 4.69) is 15.5 Å².